The highest BCUT2D eigenvalue weighted by Gasteiger charge is 2.44. The summed E-state index contributed by atoms with van der Waals surface area (Å²) in [6.45, 7) is 16.0. The van der Waals surface area contributed by atoms with Crippen molar-refractivity contribution in [2.75, 3.05) is 69.2 Å². The third-order valence-electron chi connectivity index (χ3n) is 10.5. The van der Waals surface area contributed by atoms with Crippen LogP contribution in [0.15, 0.2) is 42.5 Å². The van der Waals surface area contributed by atoms with E-state index >= 15 is 4.39 Å². The minimum atomic E-state index is -0.576. The van der Waals surface area contributed by atoms with Gasteiger partial charge in [-0.15, -0.1) is 11.8 Å². The second-order valence-electron chi connectivity index (χ2n) is 15.1. The van der Waals surface area contributed by atoms with Gasteiger partial charge in [-0.2, -0.15) is 0 Å². The van der Waals surface area contributed by atoms with Crippen molar-refractivity contribution in [1.29, 1.82) is 0 Å². The molecule has 3 saturated heterocycles. The van der Waals surface area contributed by atoms with Crippen molar-refractivity contribution in [2.45, 2.75) is 88.6 Å². The molecule has 0 spiro atoms. The van der Waals surface area contributed by atoms with Crippen LogP contribution in [-0.2, 0) is 20.7 Å². The summed E-state index contributed by atoms with van der Waals surface area (Å²) < 4.78 is 21.6. The van der Waals surface area contributed by atoms with Crippen LogP contribution in [0.5, 0.6) is 0 Å². The quantitative estimate of drug-likeness (QED) is 0.325. The summed E-state index contributed by atoms with van der Waals surface area (Å²) in [6.07, 6.45) is 2.27. The fourth-order valence-electron chi connectivity index (χ4n) is 7.70. The van der Waals surface area contributed by atoms with E-state index in [1.807, 2.05) is 47.9 Å². The van der Waals surface area contributed by atoms with Crippen molar-refractivity contribution in [3.05, 3.63) is 59.4 Å². The van der Waals surface area contributed by atoms with Crippen molar-refractivity contribution in [1.82, 2.24) is 19.6 Å². The van der Waals surface area contributed by atoms with E-state index in [-0.39, 0.29) is 52.0 Å². The van der Waals surface area contributed by atoms with E-state index in [1.165, 1.54) is 17.8 Å². The number of para-hydroxylation sites is 2. The number of nitrogens with zero attached hydrogens (tertiary/aromatic N) is 5. The Hall–Kier alpha value is -3.35. The number of carbonyl (C=O) groups excluding carboxylic acids is 3. The van der Waals surface area contributed by atoms with Crippen molar-refractivity contribution >= 4 is 41.0 Å². The van der Waals surface area contributed by atoms with Crippen molar-refractivity contribution in [3.8, 4) is 0 Å². The molecule has 10 nitrogen and oxygen atoms in total. The average Bonchev–Trinajstić information content (AvgIpc) is 3.27. The van der Waals surface area contributed by atoms with Crippen LogP contribution >= 0.6 is 11.8 Å². The van der Waals surface area contributed by atoms with E-state index in [0.29, 0.717) is 64.4 Å². The number of piperazine rings is 1. The van der Waals surface area contributed by atoms with Gasteiger partial charge in [0.2, 0.25) is 11.8 Å². The number of rotatable bonds is 9. The smallest absolute Gasteiger partial charge is 0.322 e. The van der Waals surface area contributed by atoms with E-state index in [2.05, 4.69) is 42.0 Å². The molecule has 278 valence electrons. The summed E-state index contributed by atoms with van der Waals surface area (Å²) in [6, 6.07) is 13.0. The molecule has 0 bridgehead atoms. The van der Waals surface area contributed by atoms with E-state index in [9.17, 15) is 14.4 Å². The van der Waals surface area contributed by atoms with Crippen LogP contribution in [-0.4, -0.2) is 119 Å². The lowest BCUT2D eigenvalue weighted by atomic mass is 10.0. The minimum Gasteiger partial charge on any atom is -0.377 e. The Morgan fingerprint density at radius 1 is 1.00 bits per heavy atom. The number of anilines is 2. The number of ether oxygens (including phenoxy) is 1. The predicted octanol–water partition coefficient (Wildman–Crippen LogP) is 6.32. The zero-order valence-electron chi connectivity index (χ0n) is 30.2. The van der Waals surface area contributed by atoms with Gasteiger partial charge in [-0.25, -0.2) is 9.18 Å². The molecule has 0 aromatic heterocycles. The largest absolute Gasteiger partial charge is 0.377 e. The van der Waals surface area contributed by atoms with Gasteiger partial charge in [0.05, 0.1) is 23.6 Å². The number of amides is 4. The number of likely N-dealkylation sites (tertiary alicyclic amines) is 1. The summed E-state index contributed by atoms with van der Waals surface area (Å²) in [7, 11) is 0. The molecule has 4 amide bonds. The lowest BCUT2D eigenvalue weighted by Crippen LogP contribution is -2.53. The van der Waals surface area contributed by atoms with Crippen LogP contribution in [0.2, 0.25) is 0 Å². The normalized spacial score (nSPS) is 22.6. The topological polar surface area (TPSA) is 88.7 Å². The lowest BCUT2D eigenvalue weighted by Gasteiger charge is -2.43. The van der Waals surface area contributed by atoms with Gasteiger partial charge in [-0.1, -0.05) is 30.3 Å². The Bertz CT molecular complexity index is 1550. The maximum absolute atomic E-state index is 15.8. The molecule has 2 atom stereocenters. The number of hydrogen-bond acceptors (Lipinski definition) is 7. The average molecular weight is 715 g/mol. The number of urea groups is 1. The maximum atomic E-state index is 15.8. The van der Waals surface area contributed by atoms with Crippen LogP contribution in [0.4, 0.5) is 20.6 Å². The van der Waals surface area contributed by atoms with Gasteiger partial charge in [-0.05, 0) is 71.6 Å². The Morgan fingerprint density at radius 3 is 2.42 bits per heavy atom. The fraction of sp³-hybridized carbons (Fsp3) is 0.605. The number of halogens is 1. The van der Waals surface area contributed by atoms with Crippen LogP contribution < -0.4 is 10.2 Å². The van der Waals surface area contributed by atoms with Crippen LogP contribution in [0.1, 0.15) is 74.7 Å². The molecule has 0 saturated carbocycles. The molecular weight excluding hydrogens is 656 g/mol. The number of piperidine rings is 1. The van der Waals surface area contributed by atoms with Gasteiger partial charge in [0.25, 0.3) is 0 Å². The SMILES string of the molecule is CC(C)OCCN1C(=O)[C@H](CC(=O)N2CCC(N3CCc4ccccc4NC3=O)CC2)SC1c1cccc(F)c1N1CCN(C(C)(C)C)CC1.[HH].[HH].[HH]. The van der Waals surface area contributed by atoms with E-state index in [0.717, 1.165) is 36.3 Å². The summed E-state index contributed by atoms with van der Waals surface area (Å²) in [5.41, 5.74) is 3.35. The molecule has 2 aromatic rings. The Labute approximate surface area is 305 Å². The lowest BCUT2D eigenvalue weighted by molar-refractivity contribution is -0.137. The van der Waals surface area contributed by atoms with Crippen LogP contribution in [0.25, 0.3) is 0 Å². The summed E-state index contributed by atoms with van der Waals surface area (Å²) in [4.78, 5) is 51.0. The predicted molar refractivity (Wildman–Crippen MR) is 203 cm³/mol. The molecule has 4 aliphatic rings. The molecule has 0 radical (unpaired) electrons. The second kappa shape index (κ2) is 15.5. The molecule has 4 heterocycles. The number of thioether (sulfide) groups is 1. The molecule has 12 heteroatoms. The highest BCUT2D eigenvalue weighted by atomic mass is 32.2. The van der Waals surface area contributed by atoms with E-state index < -0.39 is 10.6 Å². The fourth-order valence-corrected chi connectivity index (χ4v) is 9.19. The van der Waals surface area contributed by atoms with Gasteiger partial charge >= 0.3 is 6.03 Å². The number of hydrogen-bond donors (Lipinski definition) is 1. The Balaban J connectivity index is 0.00000252. The minimum absolute atomic E-state index is 0. The van der Waals surface area contributed by atoms with Crippen LogP contribution in [0, 0.1) is 5.82 Å². The van der Waals surface area contributed by atoms with Crippen molar-refractivity contribution < 1.29 is 27.8 Å². The van der Waals surface area contributed by atoms with Gasteiger partial charge in [0, 0.05) is 85.9 Å². The van der Waals surface area contributed by atoms with Gasteiger partial charge < -0.3 is 29.7 Å². The number of benzene rings is 2. The Morgan fingerprint density at radius 2 is 1.72 bits per heavy atom. The van der Waals surface area contributed by atoms with Crippen molar-refractivity contribution in [2.24, 2.45) is 0 Å². The molecule has 4 aliphatic heterocycles. The maximum Gasteiger partial charge on any atom is 0.322 e. The first-order valence-corrected chi connectivity index (χ1v) is 19.1. The second-order valence-corrected chi connectivity index (χ2v) is 16.4. The molecule has 2 aromatic carbocycles. The first kappa shape index (κ1) is 36.4. The number of carbonyl (C=O) groups is 3. The monoisotopic (exact) mass is 714 g/mol. The van der Waals surface area contributed by atoms with E-state index in [4.69, 9.17) is 4.74 Å². The van der Waals surface area contributed by atoms with E-state index in [1.54, 1.807) is 11.0 Å². The first-order chi connectivity index (χ1) is 23.9. The van der Waals surface area contributed by atoms with Gasteiger partial charge in [0.15, 0.2) is 0 Å². The summed E-state index contributed by atoms with van der Waals surface area (Å²) >= 11 is 1.45. The molecule has 6 rings (SSSR count). The van der Waals surface area contributed by atoms with Crippen LogP contribution in [0.3, 0.4) is 0 Å². The number of nitrogens with one attached hydrogen (secondary N) is 1. The van der Waals surface area contributed by atoms with Crippen molar-refractivity contribution in [3.63, 3.8) is 0 Å². The molecule has 50 heavy (non-hydrogen) atoms. The Kier molecular flexibility index (Phi) is 11.3. The van der Waals surface area contributed by atoms with Gasteiger partial charge in [0.1, 0.15) is 11.2 Å². The molecule has 1 N–H and O–H groups in total. The zero-order chi connectivity index (χ0) is 35.6. The molecule has 1 unspecified atom stereocenters. The van der Waals surface area contributed by atoms with Gasteiger partial charge in [-0.3, -0.25) is 14.5 Å². The first-order valence-electron chi connectivity index (χ1n) is 18.2. The number of fused-ring (bicyclic) bond motifs is 1. The highest BCUT2D eigenvalue weighted by Crippen LogP contribution is 2.48. The zero-order valence-corrected chi connectivity index (χ0v) is 31.0. The summed E-state index contributed by atoms with van der Waals surface area (Å²) in [5.74, 6) is -0.453. The third-order valence-corrected chi connectivity index (χ3v) is 12.0. The highest BCUT2D eigenvalue weighted by molar-refractivity contribution is 8.01. The molecular formula is C38H59FN6O4S. The standard InChI is InChI=1S/C38H53FN6O4S.3H2/c1-26(2)49-24-23-45-35(47)32(50-36(45)29-10-8-11-30(39)34(29)42-19-21-43(22-20-42)38(3,4)5)25-33(46)41-16-14-28(15-17-41)44-18-13-27-9-6-7-12-31(27)40-37(44)48;;;/h6-12,26,28,32,36H,13-25H2,1-5H3,(H,40,48);3*1H/t32-,36?;;;/m0.../s1. The molecule has 3 fully saturated rings. The molecule has 0 aliphatic carbocycles. The third kappa shape index (κ3) is 8.07. The summed E-state index contributed by atoms with van der Waals surface area (Å²) in [5, 5.41) is 2.05.